The number of hydrogen-bond donors (Lipinski definition) is 1. The Morgan fingerprint density at radius 2 is 1.58 bits per heavy atom. The second kappa shape index (κ2) is 7.23. The number of carboxylic acids is 1. The van der Waals surface area contributed by atoms with Crippen LogP contribution in [0.1, 0.15) is 112 Å². The zero-order valence-electron chi connectivity index (χ0n) is 21.8. The standard InChI is InChI=1S/C29H46O4/c1-18(7-10-24(31)32)20-11-13-27(6)22-9-8-21-25(3,4)23(33-19(2)30)12-14-28(21)17-29(22,28)16-15-26(20,27)5/h18,20-23H,7-17H2,1-6H3,(H,31,32)/t18-,20-,21+,22+,23+,26-,27+,28?,29+/m1/s1. The van der Waals surface area contributed by atoms with Crippen LogP contribution < -0.4 is 0 Å². The first-order chi connectivity index (χ1) is 15.3. The molecule has 0 radical (unpaired) electrons. The Hall–Kier alpha value is -1.06. The summed E-state index contributed by atoms with van der Waals surface area (Å²) in [7, 11) is 0. The van der Waals surface area contributed by atoms with Gasteiger partial charge in [-0.1, -0.05) is 34.6 Å². The normalized spacial score (nSPS) is 50.2. The number of carboxylic acid groups (broad SMARTS) is 1. The van der Waals surface area contributed by atoms with Crippen LogP contribution in [0.15, 0.2) is 0 Å². The van der Waals surface area contributed by atoms with E-state index in [1.807, 2.05) is 0 Å². The second-order valence-corrected chi connectivity index (χ2v) is 14.0. The minimum Gasteiger partial charge on any atom is -0.481 e. The molecule has 0 bridgehead atoms. The first-order valence-electron chi connectivity index (χ1n) is 13.7. The van der Waals surface area contributed by atoms with Crippen LogP contribution in [0.3, 0.4) is 0 Å². The number of hydrogen-bond acceptors (Lipinski definition) is 3. The lowest BCUT2D eigenvalue weighted by molar-refractivity contribution is -0.181. The van der Waals surface area contributed by atoms with E-state index in [1.54, 1.807) is 6.92 Å². The number of fused-ring (bicyclic) bond motifs is 2. The summed E-state index contributed by atoms with van der Waals surface area (Å²) in [5.41, 5.74) is 1.74. The van der Waals surface area contributed by atoms with Crippen molar-refractivity contribution in [2.75, 3.05) is 0 Å². The van der Waals surface area contributed by atoms with E-state index in [0.717, 1.165) is 18.8 Å². The van der Waals surface area contributed by atoms with Gasteiger partial charge in [0.1, 0.15) is 6.10 Å². The van der Waals surface area contributed by atoms with Gasteiger partial charge in [-0.05, 0) is 110 Å². The van der Waals surface area contributed by atoms with Gasteiger partial charge in [-0.15, -0.1) is 0 Å². The number of esters is 1. The van der Waals surface area contributed by atoms with E-state index < -0.39 is 5.97 Å². The van der Waals surface area contributed by atoms with Crippen LogP contribution in [0.25, 0.3) is 0 Å². The van der Waals surface area contributed by atoms with Gasteiger partial charge >= 0.3 is 11.9 Å². The fourth-order valence-corrected chi connectivity index (χ4v) is 11.3. The van der Waals surface area contributed by atoms with Gasteiger partial charge in [-0.3, -0.25) is 9.59 Å². The third-order valence-corrected chi connectivity index (χ3v) is 12.9. The zero-order valence-corrected chi connectivity index (χ0v) is 21.8. The topological polar surface area (TPSA) is 63.6 Å². The highest BCUT2D eigenvalue weighted by atomic mass is 16.5. The first kappa shape index (κ1) is 23.7. The highest BCUT2D eigenvalue weighted by molar-refractivity contribution is 5.66. The largest absolute Gasteiger partial charge is 0.481 e. The number of ether oxygens (including phenoxy) is 1. The van der Waals surface area contributed by atoms with Crippen molar-refractivity contribution in [2.24, 2.45) is 50.7 Å². The van der Waals surface area contributed by atoms with Crippen molar-refractivity contribution in [3.8, 4) is 0 Å². The molecule has 5 aliphatic carbocycles. The Bertz CT molecular complexity index is 849. The van der Waals surface area contributed by atoms with Crippen LogP contribution >= 0.6 is 0 Å². The predicted molar refractivity (Wildman–Crippen MR) is 128 cm³/mol. The maximum absolute atomic E-state index is 11.8. The minimum atomic E-state index is -0.652. The molecule has 9 atom stereocenters. The molecule has 4 nitrogen and oxygen atoms in total. The molecule has 5 fully saturated rings. The van der Waals surface area contributed by atoms with Crippen molar-refractivity contribution in [1.29, 1.82) is 0 Å². The van der Waals surface area contributed by atoms with Crippen LogP contribution in [0, 0.1) is 50.7 Å². The van der Waals surface area contributed by atoms with Gasteiger partial charge in [-0.2, -0.15) is 0 Å². The molecule has 5 aliphatic rings. The van der Waals surface area contributed by atoms with E-state index in [1.165, 1.54) is 51.4 Å². The van der Waals surface area contributed by atoms with Crippen LogP contribution in [0.2, 0.25) is 0 Å². The summed E-state index contributed by atoms with van der Waals surface area (Å²) in [4.78, 5) is 23.0. The summed E-state index contributed by atoms with van der Waals surface area (Å²) >= 11 is 0. The van der Waals surface area contributed by atoms with Crippen molar-refractivity contribution in [3.63, 3.8) is 0 Å². The minimum absolute atomic E-state index is 0.0591. The quantitative estimate of drug-likeness (QED) is 0.457. The molecule has 0 amide bonds. The average molecular weight is 459 g/mol. The van der Waals surface area contributed by atoms with E-state index in [0.29, 0.717) is 45.8 Å². The zero-order chi connectivity index (χ0) is 24.0. The molecule has 0 aliphatic heterocycles. The maximum atomic E-state index is 11.8. The molecule has 0 heterocycles. The van der Waals surface area contributed by atoms with E-state index in [9.17, 15) is 14.7 Å². The summed E-state index contributed by atoms with van der Waals surface area (Å²) in [6, 6.07) is 0. The van der Waals surface area contributed by atoms with E-state index in [2.05, 4.69) is 34.6 Å². The van der Waals surface area contributed by atoms with Crippen LogP contribution in [0.5, 0.6) is 0 Å². The SMILES string of the molecule is CC(=O)O[C@H]1CCC23C[C@]24CC[C@]2(C)[C@@H]([C@H](C)CCC(=O)O)CC[C@@]2(C)[C@@H]4CC[C@H]3C1(C)C. The Morgan fingerprint density at radius 1 is 0.909 bits per heavy atom. The lowest BCUT2D eigenvalue weighted by atomic mass is 9.41. The maximum Gasteiger partial charge on any atom is 0.303 e. The Balaban J connectivity index is 1.41. The fraction of sp³-hybridized carbons (Fsp3) is 0.931. The first-order valence-corrected chi connectivity index (χ1v) is 13.7. The number of carbonyl (C=O) groups excluding carboxylic acids is 1. The van der Waals surface area contributed by atoms with Gasteiger partial charge in [0, 0.05) is 18.8 Å². The van der Waals surface area contributed by atoms with Crippen molar-refractivity contribution in [1.82, 2.24) is 0 Å². The molecule has 186 valence electrons. The average Bonchev–Trinajstić information content (AvgIpc) is 3.31. The van der Waals surface area contributed by atoms with E-state index >= 15 is 0 Å². The summed E-state index contributed by atoms with van der Waals surface area (Å²) in [5, 5.41) is 9.24. The molecular formula is C29H46O4. The van der Waals surface area contributed by atoms with Gasteiger partial charge in [-0.25, -0.2) is 0 Å². The summed E-state index contributed by atoms with van der Waals surface area (Å²) < 4.78 is 5.86. The van der Waals surface area contributed by atoms with Crippen LogP contribution in [0.4, 0.5) is 0 Å². The lowest BCUT2D eigenvalue weighted by Gasteiger charge is -2.63. The van der Waals surface area contributed by atoms with Gasteiger partial charge in [0.2, 0.25) is 0 Å². The van der Waals surface area contributed by atoms with Crippen molar-refractivity contribution in [2.45, 2.75) is 118 Å². The van der Waals surface area contributed by atoms with Crippen LogP contribution in [-0.2, 0) is 14.3 Å². The van der Waals surface area contributed by atoms with Crippen molar-refractivity contribution >= 4 is 11.9 Å². The Kier molecular flexibility index (Phi) is 5.19. The van der Waals surface area contributed by atoms with Gasteiger partial charge in [0.25, 0.3) is 0 Å². The molecule has 5 saturated carbocycles. The van der Waals surface area contributed by atoms with Gasteiger partial charge in [0.05, 0.1) is 0 Å². The van der Waals surface area contributed by atoms with Crippen molar-refractivity contribution in [3.05, 3.63) is 0 Å². The van der Waals surface area contributed by atoms with Crippen LogP contribution in [-0.4, -0.2) is 23.1 Å². The predicted octanol–water partition coefficient (Wildman–Crippen LogP) is 6.86. The fourth-order valence-electron chi connectivity index (χ4n) is 11.3. The third-order valence-electron chi connectivity index (χ3n) is 12.9. The smallest absolute Gasteiger partial charge is 0.303 e. The second-order valence-electron chi connectivity index (χ2n) is 14.0. The Labute approximate surface area is 200 Å². The summed E-state index contributed by atoms with van der Waals surface area (Å²) in [6.45, 7) is 13.9. The molecule has 1 unspecified atom stereocenters. The van der Waals surface area contributed by atoms with Crippen molar-refractivity contribution < 1.29 is 19.4 Å². The molecular weight excluding hydrogens is 412 g/mol. The molecule has 5 rings (SSSR count). The molecule has 4 heteroatoms. The number of rotatable bonds is 5. The molecule has 2 spiro atoms. The number of aliphatic carboxylic acids is 1. The highest BCUT2D eigenvalue weighted by Crippen LogP contribution is 2.89. The lowest BCUT2D eigenvalue weighted by Crippen LogP contribution is -2.58. The summed E-state index contributed by atoms with van der Waals surface area (Å²) in [6.07, 6.45) is 12.7. The third kappa shape index (κ3) is 2.94. The Morgan fingerprint density at radius 3 is 2.24 bits per heavy atom. The van der Waals surface area contributed by atoms with E-state index in [4.69, 9.17) is 4.74 Å². The molecule has 33 heavy (non-hydrogen) atoms. The van der Waals surface area contributed by atoms with E-state index in [-0.39, 0.29) is 17.5 Å². The molecule has 0 aromatic heterocycles. The summed E-state index contributed by atoms with van der Waals surface area (Å²) in [5.74, 6) is 1.84. The monoisotopic (exact) mass is 458 g/mol. The highest BCUT2D eigenvalue weighted by Gasteiger charge is 2.82. The molecule has 0 saturated heterocycles. The molecule has 0 aromatic carbocycles. The molecule has 1 N–H and O–H groups in total. The van der Waals surface area contributed by atoms with Gasteiger partial charge in [0.15, 0.2) is 0 Å². The molecule has 0 aromatic rings. The number of carbonyl (C=O) groups is 2. The van der Waals surface area contributed by atoms with Gasteiger partial charge < -0.3 is 9.84 Å².